The van der Waals surface area contributed by atoms with Gasteiger partial charge in [0.15, 0.2) is 0 Å². The van der Waals surface area contributed by atoms with Gasteiger partial charge in [-0.3, -0.25) is 9.59 Å². The Bertz CT molecular complexity index is 456. The van der Waals surface area contributed by atoms with Gasteiger partial charge in [-0.15, -0.1) is 0 Å². The topological polar surface area (TPSA) is 92.4 Å². The Labute approximate surface area is 119 Å². The predicted molar refractivity (Wildman–Crippen MR) is 77.4 cm³/mol. The van der Waals surface area contributed by atoms with Crippen molar-refractivity contribution in [2.24, 2.45) is 11.1 Å². The maximum Gasteiger partial charge on any atom is 0.251 e. The van der Waals surface area contributed by atoms with Crippen LogP contribution in [0.1, 0.15) is 47.4 Å². The Morgan fingerprint density at radius 2 is 1.65 bits per heavy atom. The molecule has 110 valence electrons. The minimum atomic E-state index is -0.520. The lowest BCUT2D eigenvalue weighted by Gasteiger charge is -2.29. The molecule has 1 aromatic carbocycles. The second kappa shape index (κ2) is 7.05. The van der Waals surface area contributed by atoms with Gasteiger partial charge in [0.05, 0.1) is 6.61 Å². The van der Waals surface area contributed by atoms with Crippen LogP contribution in [0.15, 0.2) is 24.3 Å². The molecule has 4 N–H and O–H groups in total. The number of aliphatic hydroxyl groups is 1. The van der Waals surface area contributed by atoms with E-state index in [1.165, 1.54) is 12.1 Å². The number of nitrogens with one attached hydrogen (secondary N) is 1. The van der Waals surface area contributed by atoms with Crippen molar-refractivity contribution in [1.82, 2.24) is 5.32 Å². The summed E-state index contributed by atoms with van der Waals surface area (Å²) < 4.78 is 0. The summed E-state index contributed by atoms with van der Waals surface area (Å²) in [6.45, 7) is 4.45. The molecule has 0 saturated carbocycles. The van der Waals surface area contributed by atoms with Crippen LogP contribution in [0, 0.1) is 5.41 Å². The molecule has 0 atom stereocenters. The van der Waals surface area contributed by atoms with Crippen molar-refractivity contribution in [3.8, 4) is 0 Å². The van der Waals surface area contributed by atoms with Crippen molar-refractivity contribution in [2.45, 2.75) is 26.7 Å². The van der Waals surface area contributed by atoms with E-state index in [0.29, 0.717) is 17.7 Å². The van der Waals surface area contributed by atoms with E-state index in [4.69, 9.17) is 5.73 Å². The monoisotopic (exact) mass is 278 g/mol. The van der Waals surface area contributed by atoms with Gasteiger partial charge >= 0.3 is 0 Å². The molecule has 0 radical (unpaired) electrons. The number of primary amides is 1. The van der Waals surface area contributed by atoms with Gasteiger partial charge in [-0.2, -0.15) is 0 Å². The molecule has 0 heterocycles. The van der Waals surface area contributed by atoms with Crippen molar-refractivity contribution >= 4 is 11.8 Å². The Hall–Kier alpha value is -1.88. The highest BCUT2D eigenvalue weighted by molar-refractivity contribution is 5.97. The van der Waals surface area contributed by atoms with Crippen LogP contribution in [0.4, 0.5) is 0 Å². The lowest BCUT2D eigenvalue weighted by atomic mass is 9.83. The maximum atomic E-state index is 12.0. The van der Waals surface area contributed by atoms with E-state index in [1.54, 1.807) is 12.1 Å². The fraction of sp³-hybridized carbons (Fsp3) is 0.467. The van der Waals surface area contributed by atoms with Crippen LogP contribution in [0.25, 0.3) is 0 Å². The zero-order valence-corrected chi connectivity index (χ0v) is 12.0. The average Bonchev–Trinajstić information content (AvgIpc) is 2.49. The predicted octanol–water partition coefficient (Wildman–Crippen LogP) is 1.31. The van der Waals surface area contributed by atoms with E-state index >= 15 is 0 Å². The number of carbonyl (C=O) groups excluding carboxylic acids is 2. The first-order valence-corrected chi connectivity index (χ1v) is 6.77. The van der Waals surface area contributed by atoms with Gasteiger partial charge < -0.3 is 16.2 Å². The lowest BCUT2D eigenvalue weighted by Crippen LogP contribution is -2.39. The SMILES string of the molecule is CCC(CC)(CO)CNC(=O)c1ccc(C(N)=O)cc1. The van der Waals surface area contributed by atoms with Gasteiger partial charge in [0.1, 0.15) is 0 Å². The lowest BCUT2D eigenvalue weighted by molar-refractivity contribution is 0.0850. The first-order valence-electron chi connectivity index (χ1n) is 6.77. The minimum Gasteiger partial charge on any atom is -0.396 e. The van der Waals surface area contributed by atoms with Crippen LogP contribution >= 0.6 is 0 Å². The van der Waals surface area contributed by atoms with E-state index < -0.39 is 5.91 Å². The number of hydrogen-bond donors (Lipinski definition) is 3. The molecule has 0 aliphatic heterocycles. The number of aliphatic hydroxyl groups excluding tert-OH is 1. The molecule has 0 bridgehead atoms. The highest BCUT2D eigenvalue weighted by Crippen LogP contribution is 2.24. The molecule has 5 nitrogen and oxygen atoms in total. The highest BCUT2D eigenvalue weighted by Gasteiger charge is 2.25. The average molecular weight is 278 g/mol. The van der Waals surface area contributed by atoms with Crippen LogP contribution in [0.5, 0.6) is 0 Å². The Morgan fingerprint density at radius 1 is 1.15 bits per heavy atom. The summed E-state index contributed by atoms with van der Waals surface area (Å²) in [4.78, 5) is 23.0. The summed E-state index contributed by atoms with van der Waals surface area (Å²) in [5, 5.41) is 12.3. The molecule has 0 fully saturated rings. The molecule has 0 unspecified atom stereocenters. The van der Waals surface area contributed by atoms with Crippen LogP contribution in [-0.4, -0.2) is 30.1 Å². The Kier molecular flexibility index (Phi) is 5.70. The molecular formula is C15H22N2O3. The standard InChI is InChI=1S/C15H22N2O3/c1-3-15(4-2,10-18)9-17-14(20)12-7-5-11(6-8-12)13(16)19/h5-8,18H,3-4,9-10H2,1-2H3,(H2,16,19)(H,17,20). The van der Waals surface area contributed by atoms with Gasteiger partial charge in [0.25, 0.3) is 5.91 Å². The third kappa shape index (κ3) is 3.81. The summed E-state index contributed by atoms with van der Waals surface area (Å²) in [6, 6.07) is 6.17. The van der Waals surface area contributed by atoms with Crippen molar-refractivity contribution < 1.29 is 14.7 Å². The molecule has 20 heavy (non-hydrogen) atoms. The highest BCUT2D eigenvalue weighted by atomic mass is 16.3. The quantitative estimate of drug-likeness (QED) is 0.702. The van der Waals surface area contributed by atoms with E-state index in [9.17, 15) is 14.7 Å². The summed E-state index contributed by atoms with van der Waals surface area (Å²) in [5.41, 5.74) is 5.70. The maximum absolute atomic E-state index is 12.0. The van der Waals surface area contributed by atoms with E-state index in [1.807, 2.05) is 13.8 Å². The zero-order valence-electron chi connectivity index (χ0n) is 12.0. The van der Waals surface area contributed by atoms with Crippen molar-refractivity contribution in [3.05, 3.63) is 35.4 Å². The van der Waals surface area contributed by atoms with Gasteiger partial charge in [-0.05, 0) is 37.1 Å². The second-order valence-corrected chi connectivity index (χ2v) is 4.99. The van der Waals surface area contributed by atoms with E-state index in [-0.39, 0.29) is 17.9 Å². The van der Waals surface area contributed by atoms with Crippen LogP contribution in [0.3, 0.4) is 0 Å². The number of hydrogen-bond acceptors (Lipinski definition) is 3. The van der Waals surface area contributed by atoms with Crippen molar-refractivity contribution in [1.29, 1.82) is 0 Å². The molecule has 0 saturated heterocycles. The molecule has 1 rings (SSSR count). The summed E-state index contributed by atoms with van der Waals surface area (Å²) in [7, 11) is 0. The first kappa shape index (κ1) is 16.2. The van der Waals surface area contributed by atoms with Crippen molar-refractivity contribution in [3.63, 3.8) is 0 Å². The zero-order chi connectivity index (χ0) is 15.2. The number of carbonyl (C=O) groups is 2. The Balaban J connectivity index is 2.69. The number of amides is 2. The normalized spacial score (nSPS) is 11.2. The number of rotatable bonds is 7. The third-order valence-electron chi connectivity index (χ3n) is 3.89. The molecule has 5 heteroatoms. The molecule has 0 aromatic heterocycles. The molecule has 1 aromatic rings. The summed E-state index contributed by atoms with van der Waals surface area (Å²) in [6.07, 6.45) is 1.59. The molecule has 2 amide bonds. The largest absolute Gasteiger partial charge is 0.396 e. The van der Waals surface area contributed by atoms with Gasteiger partial charge in [0.2, 0.25) is 5.91 Å². The van der Waals surface area contributed by atoms with E-state index in [0.717, 1.165) is 12.8 Å². The van der Waals surface area contributed by atoms with Crippen molar-refractivity contribution in [2.75, 3.05) is 13.2 Å². The molecular weight excluding hydrogens is 256 g/mol. The van der Waals surface area contributed by atoms with Gasteiger partial charge in [-0.25, -0.2) is 0 Å². The fourth-order valence-corrected chi connectivity index (χ4v) is 1.94. The number of nitrogens with two attached hydrogens (primary N) is 1. The fourth-order valence-electron chi connectivity index (χ4n) is 1.94. The summed E-state index contributed by atoms with van der Waals surface area (Å²) >= 11 is 0. The first-order chi connectivity index (χ1) is 9.48. The molecule has 0 aliphatic carbocycles. The second-order valence-electron chi connectivity index (χ2n) is 4.99. The van der Waals surface area contributed by atoms with Gasteiger partial charge in [0, 0.05) is 23.1 Å². The van der Waals surface area contributed by atoms with Crippen LogP contribution in [0.2, 0.25) is 0 Å². The van der Waals surface area contributed by atoms with Crippen LogP contribution in [-0.2, 0) is 0 Å². The smallest absolute Gasteiger partial charge is 0.251 e. The summed E-state index contributed by atoms with van der Waals surface area (Å²) in [5.74, 6) is -0.742. The molecule has 0 aliphatic rings. The third-order valence-corrected chi connectivity index (χ3v) is 3.89. The minimum absolute atomic E-state index is 0.0426. The van der Waals surface area contributed by atoms with E-state index in [2.05, 4.69) is 5.32 Å². The molecule has 0 spiro atoms. The number of benzene rings is 1. The van der Waals surface area contributed by atoms with Gasteiger partial charge in [-0.1, -0.05) is 13.8 Å². The van der Waals surface area contributed by atoms with Crippen LogP contribution < -0.4 is 11.1 Å². The Morgan fingerprint density at radius 3 is 2.05 bits per heavy atom.